The first-order chi connectivity index (χ1) is 12.6. The molecule has 1 aliphatic heterocycles. The molecule has 0 unspecified atom stereocenters. The maximum Gasteiger partial charge on any atom is 0.240 e. The van der Waals surface area contributed by atoms with E-state index in [9.17, 15) is 4.79 Å². The van der Waals surface area contributed by atoms with Gasteiger partial charge in [0, 0.05) is 23.7 Å². The van der Waals surface area contributed by atoms with Crippen LogP contribution in [0.15, 0.2) is 36.4 Å². The number of hydrogen-bond donors (Lipinski definition) is 1. The second-order valence-electron chi connectivity index (χ2n) is 6.10. The molecule has 6 nitrogen and oxygen atoms in total. The van der Waals surface area contributed by atoms with Gasteiger partial charge >= 0.3 is 0 Å². The van der Waals surface area contributed by atoms with Crippen LogP contribution in [0.25, 0.3) is 11.0 Å². The van der Waals surface area contributed by atoms with E-state index in [0.717, 1.165) is 22.4 Å². The summed E-state index contributed by atoms with van der Waals surface area (Å²) in [5, 5.41) is 3.54. The van der Waals surface area contributed by atoms with Gasteiger partial charge in [0.25, 0.3) is 0 Å². The number of nitrogens with zero attached hydrogens (tertiary/aromatic N) is 2. The third-order valence-electron chi connectivity index (χ3n) is 4.34. The molecule has 0 saturated carbocycles. The first-order valence-electron chi connectivity index (χ1n) is 8.38. The SMILES string of the molecule is Cc1nc2cc3c(cc2n1CC(=O)NCc1ccccc1Cl)OCCO3. The summed E-state index contributed by atoms with van der Waals surface area (Å²) in [5.41, 5.74) is 2.51. The van der Waals surface area contributed by atoms with Gasteiger partial charge in [0.15, 0.2) is 11.5 Å². The van der Waals surface area contributed by atoms with Crippen LogP contribution in [-0.4, -0.2) is 28.7 Å². The van der Waals surface area contributed by atoms with E-state index in [1.807, 2.05) is 47.9 Å². The van der Waals surface area contributed by atoms with Gasteiger partial charge in [-0.1, -0.05) is 29.8 Å². The monoisotopic (exact) mass is 371 g/mol. The summed E-state index contributed by atoms with van der Waals surface area (Å²) in [6.45, 7) is 3.48. The smallest absolute Gasteiger partial charge is 0.240 e. The van der Waals surface area contributed by atoms with E-state index < -0.39 is 0 Å². The molecule has 0 bridgehead atoms. The average Bonchev–Trinajstić information content (AvgIpc) is 2.93. The molecule has 1 aromatic heterocycles. The minimum Gasteiger partial charge on any atom is -0.486 e. The summed E-state index contributed by atoms with van der Waals surface area (Å²) in [5.74, 6) is 2.02. The number of nitrogens with one attached hydrogen (secondary N) is 1. The Labute approximate surface area is 155 Å². The van der Waals surface area contributed by atoms with Crippen LogP contribution in [0.5, 0.6) is 11.5 Å². The van der Waals surface area contributed by atoms with Gasteiger partial charge < -0.3 is 19.4 Å². The fraction of sp³-hybridized carbons (Fsp3) is 0.263. The number of aromatic nitrogens is 2. The molecule has 1 amide bonds. The van der Waals surface area contributed by atoms with Crippen molar-refractivity contribution in [1.82, 2.24) is 14.9 Å². The van der Waals surface area contributed by atoms with Crippen LogP contribution in [0, 0.1) is 6.92 Å². The first-order valence-corrected chi connectivity index (χ1v) is 8.76. The third-order valence-corrected chi connectivity index (χ3v) is 4.71. The van der Waals surface area contributed by atoms with Gasteiger partial charge in [-0.2, -0.15) is 0 Å². The van der Waals surface area contributed by atoms with Gasteiger partial charge in [-0.05, 0) is 18.6 Å². The molecule has 3 aromatic rings. The van der Waals surface area contributed by atoms with E-state index >= 15 is 0 Å². The van der Waals surface area contributed by atoms with Gasteiger partial charge in [-0.15, -0.1) is 0 Å². The molecule has 0 saturated heterocycles. The van der Waals surface area contributed by atoms with Crippen LogP contribution >= 0.6 is 11.6 Å². The number of amides is 1. The molecule has 0 atom stereocenters. The summed E-state index contributed by atoms with van der Waals surface area (Å²) in [6.07, 6.45) is 0. The van der Waals surface area contributed by atoms with Crippen LogP contribution in [0.1, 0.15) is 11.4 Å². The number of imidazole rings is 1. The van der Waals surface area contributed by atoms with Gasteiger partial charge in [0.1, 0.15) is 25.6 Å². The van der Waals surface area contributed by atoms with Gasteiger partial charge in [-0.3, -0.25) is 4.79 Å². The predicted molar refractivity (Wildman–Crippen MR) is 98.8 cm³/mol. The highest BCUT2D eigenvalue weighted by molar-refractivity contribution is 6.31. The summed E-state index contributed by atoms with van der Waals surface area (Å²) in [4.78, 5) is 17.0. The van der Waals surface area contributed by atoms with E-state index in [0.29, 0.717) is 36.3 Å². The molecule has 4 rings (SSSR count). The van der Waals surface area contributed by atoms with E-state index in [1.54, 1.807) is 0 Å². The Morgan fingerprint density at radius 1 is 1.23 bits per heavy atom. The van der Waals surface area contributed by atoms with Gasteiger partial charge in [-0.25, -0.2) is 4.98 Å². The molecule has 134 valence electrons. The molecule has 0 radical (unpaired) electrons. The predicted octanol–water partition coefficient (Wildman–Crippen LogP) is 3.09. The Kier molecular flexibility index (Phi) is 4.42. The Morgan fingerprint density at radius 3 is 2.73 bits per heavy atom. The van der Waals surface area contributed by atoms with E-state index in [1.165, 1.54) is 0 Å². The van der Waals surface area contributed by atoms with E-state index in [2.05, 4.69) is 10.3 Å². The number of fused-ring (bicyclic) bond motifs is 2. The zero-order valence-corrected chi connectivity index (χ0v) is 15.0. The summed E-state index contributed by atoms with van der Waals surface area (Å²) >= 11 is 6.13. The van der Waals surface area contributed by atoms with E-state index in [-0.39, 0.29) is 12.5 Å². The minimum absolute atomic E-state index is 0.109. The maximum absolute atomic E-state index is 12.4. The lowest BCUT2D eigenvalue weighted by atomic mass is 10.2. The topological polar surface area (TPSA) is 65.4 Å². The highest BCUT2D eigenvalue weighted by Gasteiger charge is 2.18. The Balaban J connectivity index is 1.54. The number of rotatable bonds is 4. The number of carbonyl (C=O) groups excluding carboxylic acids is 1. The quantitative estimate of drug-likeness (QED) is 0.765. The summed E-state index contributed by atoms with van der Waals surface area (Å²) in [7, 11) is 0. The van der Waals surface area contributed by atoms with Crippen LogP contribution in [0.2, 0.25) is 5.02 Å². The summed E-state index contributed by atoms with van der Waals surface area (Å²) in [6, 6.07) is 11.2. The molecule has 1 aliphatic rings. The molecular weight excluding hydrogens is 354 g/mol. The fourth-order valence-corrected chi connectivity index (χ4v) is 3.22. The van der Waals surface area contributed by atoms with Crippen LogP contribution in [-0.2, 0) is 17.9 Å². The second-order valence-corrected chi connectivity index (χ2v) is 6.51. The Hall–Kier alpha value is -2.73. The minimum atomic E-state index is -0.109. The molecule has 0 fully saturated rings. The van der Waals surface area contributed by atoms with Crippen LogP contribution in [0.3, 0.4) is 0 Å². The number of ether oxygens (including phenoxy) is 2. The van der Waals surface area contributed by atoms with Crippen molar-refractivity contribution in [1.29, 1.82) is 0 Å². The second kappa shape index (κ2) is 6.88. The normalized spacial score (nSPS) is 13.0. The van der Waals surface area contributed by atoms with Gasteiger partial charge in [0.05, 0.1) is 11.0 Å². The number of carbonyl (C=O) groups is 1. The first kappa shape index (κ1) is 16.7. The molecule has 0 aliphatic carbocycles. The van der Waals surface area contributed by atoms with Crippen molar-refractivity contribution in [3.8, 4) is 11.5 Å². The van der Waals surface area contributed by atoms with Crippen molar-refractivity contribution < 1.29 is 14.3 Å². The largest absolute Gasteiger partial charge is 0.486 e. The van der Waals surface area contributed by atoms with Crippen LogP contribution < -0.4 is 14.8 Å². The zero-order valence-electron chi connectivity index (χ0n) is 14.3. The third kappa shape index (κ3) is 3.20. The highest BCUT2D eigenvalue weighted by atomic mass is 35.5. The molecular formula is C19H18ClN3O3. The lowest BCUT2D eigenvalue weighted by Crippen LogP contribution is -2.27. The maximum atomic E-state index is 12.4. The molecule has 7 heteroatoms. The Morgan fingerprint density at radius 2 is 1.96 bits per heavy atom. The molecule has 2 heterocycles. The van der Waals surface area contributed by atoms with Crippen molar-refractivity contribution >= 4 is 28.5 Å². The Bertz CT molecular complexity index is 984. The zero-order chi connectivity index (χ0) is 18.1. The molecule has 1 N–H and O–H groups in total. The van der Waals surface area contributed by atoms with Crippen molar-refractivity contribution in [2.45, 2.75) is 20.0 Å². The van der Waals surface area contributed by atoms with Crippen LogP contribution in [0.4, 0.5) is 0 Å². The fourth-order valence-electron chi connectivity index (χ4n) is 3.02. The van der Waals surface area contributed by atoms with Crippen molar-refractivity contribution in [3.05, 3.63) is 52.8 Å². The molecule has 0 spiro atoms. The molecule has 2 aromatic carbocycles. The standard InChI is InChI=1S/C19H18ClN3O3/c1-12-22-15-8-17-18(26-7-6-25-17)9-16(15)23(12)11-19(24)21-10-13-4-2-3-5-14(13)20/h2-5,8-9H,6-7,10-11H2,1H3,(H,21,24). The van der Waals surface area contributed by atoms with Crippen molar-refractivity contribution in [2.75, 3.05) is 13.2 Å². The number of halogens is 1. The number of hydrogen-bond acceptors (Lipinski definition) is 4. The summed E-state index contributed by atoms with van der Waals surface area (Å²) < 4.78 is 13.1. The van der Waals surface area contributed by atoms with Crippen molar-refractivity contribution in [3.63, 3.8) is 0 Å². The highest BCUT2D eigenvalue weighted by Crippen LogP contribution is 2.34. The van der Waals surface area contributed by atoms with Gasteiger partial charge in [0.2, 0.25) is 5.91 Å². The average molecular weight is 372 g/mol. The number of benzene rings is 2. The lowest BCUT2D eigenvalue weighted by Gasteiger charge is -2.18. The van der Waals surface area contributed by atoms with E-state index in [4.69, 9.17) is 21.1 Å². The number of aryl methyl sites for hydroxylation is 1. The lowest BCUT2D eigenvalue weighted by molar-refractivity contribution is -0.121. The van der Waals surface area contributed by atoms with Crippen molar-refractivity contribution in [2.24, 2.45) is 0 Å². The molecule has 26 heavy (non-hydrogen) atoms.